The van der Waals surface area contributed by atoms with Gasteiger partial charge in [0, 0.05) is 35.6 Å². The van der Waals surface area contributed by atoms with Crippen LogP contribution in [0, 0.1) is 6.92 Å². The first kappa shape index (κ1) is 26.6. The molecule has 0 unspecified atom stereocenters. The standard InChI is InChI=1S/C27H21F3N6OS2/c1-17-5-7-21(8-6-17)36-24(19-9-11-31-12-10-19)34-35-26(36)39-16-23-33-22(15-38-23)25(37)32-14-18-3-2-4-20(13-18)27(28,29)30/h2-13,15H,14,16H2,1H3,(H,32,37). The number of halogens is 3. The second-order valence-electron chi connectivity index (χ2n) is 8.51. The number of thiazole rings is 1. The van der Waals surface area contributed by atoms with Crippen LogP contribution in [0.1, 0.15) is 32.2 Å². The lowest BCUT2D eigenvalue weighted by Crippen LogP contribution is -2.23. The number of rotatable bonds is 8. The summed E-state index contributed by atoms with van der Waals surface area (Å²) in [7, 11) is 0. The topological polar surface area (TPSA) is 85.6 Å². The molecule has 1 amide bonds. The predicted octanol–water partition coefficient (Wildman–Crippen LogP) is 6.34. The van der Waals surface area contributed by atoms with Crippen LogP contribution in [0.15, 0.2) is 83.6 Å². The molecule has 3 aromatic heterocycles. The first-order valence-corrected chi connectivity index (χ1v) is 13.6. The molecule has 5 rings (SSSR count). The van der Waals surface area contributed by atoms with E-state index < -0.39 is 17.6 Å². The number of alkyl halides is 3. The molecule has 0 spiro atoms. The molecule has 12 heteroatoms. The highest BCUT2D eigenvalue weighted by Crippen LogP contribution is 2.31. The van der Waals surface area contributed by atoms with E-state index >= 15 is 0 Å². The second kappa shape index (κ2) is 11.4. The van der Waals surface area contributed by atoms with Crippen molar-refractivity contribution in [3.63, 3.8) is 0 Å². The van der Waals surface area contributed by atoms with Gasteiger partial charge in [-0.05, 0) is 48.9 Å². The molecule has 7 nitrogen and oxygen atoms in total. The van der Waals surface area contributed by atoms with Gasteiger partial charge in [0.15, 0.2) is 11.0 Å². The van der Waals surface area contributed by atoms with Crippen molar-refractivity contribution in [3.8, 4) is 17.1 Å². The minimum Gasteiger partial charge on any atom is -0.347 e. The SMILES string of the molecule is Cc1ccc(-n2c(SCc3nc(C(=O)NCc4cccc(C(F)(F)F)c4)cs3)nnc2-c2ccncc2)cc1. The zero-order valence-corrected chi connectivity index (χ0v) is 22.1. The van der Waals surface area contributed by atoms with Crippen molar-refractivity contribution in [2.45, 2.75) is 30.6 Å². The van der Waals surface area contributed by atoms with Gasteiger partial charge in [-0.25, -0.2) is 4.98 Å². The lowest BCUT2D eigenvalue weighted by atomic mass is 10.1. The summed E-state index contributed by atoms with van der Waals surface area (Å²) < 4.78 is 40.8. The van der Waals surface area contributed by atoms with E-state index in [0.717, 1.165) is 28.9 Å². The van der Waals surface area contributed by atoms with Gasteiger partial charge in [-0.15, -0.1) is 21.5 Å². The third kappa shape index (κ3) is 6.35. The van der Waals surface area contributed by atoms with Crippen LogP contribution >= 0.6 is 23.1 Å². The summed E-state index contributed by atoms with van der Waals surface area (Å²) in [5.74, 6) is 0.673. The van der Waals surface area contributed by atoms with Crippen molar-refractivity contribution >= 4 is 29.0 Å². The fraction of sp³-hybridized carbons (Fsp3) is 0.148. The Morgan fingerprint density at radius 1 is 1.05 bits per heavy atom. The summed E-state index contributed by atoms with van der Waals surface area (Å²) in [6, 6.07) is 16.6. The highest BCUT2D eigenvalue weighted by Gasteiger charge is 2.30. The Hall–Kier alpha value is -4.03. The zero-order valence-electron chi connectivity index (χ0n) is 20.5. The van der Waals surface area contributed by atoms with Crippen molar-refractivity contribution < 1.29 is 18.0 Å². The smallest absolute Gasteiger partial charge is 0.347 e. The molecule has 3 heterocycles. The van der Waals surface area contributed by atoms with Crippen molar-refractivity contribution in [1.29, 1.82) is 0 Å². The molecular weight excluding hydrogens is 545 g/mol. The molecule has 0 aliphatic heterocycles. The molecular formula is C27H21F3N6OS2. The number of pyridine rings is 1. The molecule has 2 aromatic carbocycles. The molecule has 5 aromatic rings. The highest BCUT2D eigenvalue weighted by atomic mass is 32.2. The van der Waals surface area contributed by atoms with Crippen molar-refractivity contribution in [3.05, 3.63) is 106 Å². The molecule has 1 N–H and O–H groups in total. The largest absolute Gasteiger partial charge is 0.416 e. The number of amides is 1. The van der Waals surface area contributed by atoms with Crippen LogP contribution in [0.2, 0.25) is 0 Å². The third-order valence-corrected chi connectivity index (χ3v) is 7.65. The van der Waals surface area contributed by atoms with Crippen LogP contribution in [-0.4, -0.2) is 30.6 Å². The van der Waals surface area contributed by atoms with E-state index in [1.807, 2.05) is 47.9 Å². The van der Waals surface area contributed by atoms with Gasteiger partial charge in [0.05, 0.1) is 11.3 Å². The van der Waals surface area contributed by atoms with Gasteiger partial charge in [-0.3, -0.25) is 14.3 Å². The van der Waals surface area contributed by atoms with Gasteiger partial charge >= 0.3 is 6.18 Å². The average molecular weight is 567 g/mol. The fourth-order valence-corrected chi connectivity index (χ4v) is 5.46. The van der Waals surface area contributed by atoms with E-state index in [1.54, 1.807) is 17.8 Å². The summed E-state index contributed by atoms with van der Waals surface area (Å²) >= 11 is 2.76. The first-order valence-electron chi connectivity index (χ1n) is 11.7. The number of nitrogens with one attached hydrogen (secondary N) is 1. The quantitative estimate of drug-likeness (QED) is 0.221. The van der Waals surface area contributed by atoms with Crippen LogP contribution in [0.4, 0.5) is 13.2 Å². The van der Waals surface area contributed by atoms with E-state index in [-0.39, 0.29) is 12.2 Å². The number of aromatic nitrogens is 5. The van der Waals surface area contributed by atoms with Crippen molar-refractivity contribution in [2.75, 3.05) is 0 Å². The Labute approximate surface area is 230 Å². The van der Waals surface area contributed by atoms with E-state index in [4.69, 9.17) is 0 Å². The van der Waals surface area contributed by atoms with E-state index in [1.165, 1.54) is 35.2 Å². The average Bonchev–Trinajstić information content (AvgIpc) is 3.59. The van der Waals surface area contributed by atoms with Gasteiger partial charge in [0.1, 0.15) is 10.7 Å². The fourth-order valence-electron chi connectivity index (χ4n) is 3.72. The van der Waals surface area contributed by atoms with Gasteiger partial charge in [0.25, 0.3) is 5.91 Å². The third-order valence-electron chi connectivity index (χ3n) is 5.68. The maximum absolute atomic E-state index is 12.9. The maximum atomic E-state index is 12.9. The summed E-state index contributed by atoms with van der Waals surface area (Å²) in [5, 5.41) is 14.5. The lowest BCUT2D eigenvalue weighted by Gasteiger charge is -2.10. The molecule has 0 radical (unpaired) electrons. The van der Waals surface area contributed by atoms with Gasteiger partial charge in [-0.1, -0.05) is 41.6 Å². The molecule has 0 aliphatic carbocycles. The van der Waals surface area contributed by atoms with E-state index in [2.05, 4.69) is 25.5 Å². The number of benzene rings is 2. The van der Waals surface area contributed by atoms with Gasteiger partial charge < -0.3 is 5.32 Å². The Morgan fingerprint density at radius 2 is 1.82 bits per heavy atom. The number of carbonyl (C=O) groups is 1. The first-order chi connectivity index (χ1) is 18.8. The molecule has 39 heavy (non-hydrogen) atoms. The number of hydrogen-bond acceptors (Lipinski definition) is 7. The molecule has 0 bridgehead atoms. The Bertz CT molecular complexity index is 1580. The van der Waals surface area contributed by atoms with Crippen molar-refractivity contribution in [2.24, 2.45) is 0 Å². The number of aryl methyl sites for hydroxylation is 1. The van der Waals surface area contributed by atoms with Crippen LogP contribution in [-0.2, 0) is 18.5 Å². The summed E-state index contributed by atoms with van der Waals surface area (Å²) in [4.78, 5) is 21.1. The predicted molar refractivity (Wildman–Crippen MR) is 144 cm³/mol. The summed E-state index contributed by atoms with van der Waals surface area (Å²) in [6.45, 7) is 1.98. The molecule has 0 fully saturated rings. The minimum absolute atomic E-state index is 0.0399. The normalized spacial score (nSPS) is 11.5. The second-order valence-corrected chi connectivity index (χ2v) is 10.4. The number of nitrogens with zero attached hydrogens (tertiary/aromatic N) is 5. The zero-order chi connectivity index (χ0) is 27.4. The Kier molecular flexibility index (Phi) is 7.75. The molecule has 0 aliphatic rings. The van der Waals surface area contributed by atoms with Gasteiger partial charge in [-0.2, -0.15) is 13.2 Å². The number of carbonyl (C=O) groups excluding carboxylic acids is 1. The van der Waals surface area contributed by atoms with Crippen molar-refractivity contribution in [1.82, 2.24) is 30.0 Å². The Balaban J connectivity index is 1.28. The molecule has 0 saturated carbocycles. The minimum atomic E-state index is -4.44. The molecule has 0 atom stereocenters. The van der Waals surface area contributed by atoms with E-state index in [9.17, 15) is 18.0 Å². The van der Waals surface area contributed by atoms with Crippen LogP contribution < -0.4 is 5.32 Å². The molecule has 0 saturated heterocycles. The van der Waals surface area contributed by atoms with Crippen LogP contribution in [0.25, 0.3) is 17.1 Å². The van der Waals surface area contributed by atoms with Crippen LogP contribution in [0.3, 0.4) is 0 Å². The van der Waals surface area contributed by atoms with Gasteiger partial charge in [0.2, 0.25) is 0 Å². The molecule has 198 valence electrons. The summed E-state index contributed by atoms with van der Waals surface area (Å²) in [5.41, 5.74) is 2.72. The summed E-state index contributed by atoms with van der Waals surface area (Å²) in [6.07, 6.45) is -1.04. The highest BCUT2D eigenvalue weighted by molar-refractivity contribution is 7.98. The lowest BCUT2D eigenvalue weighted by molar-refractivity contribution is -0.137. The van der Waals surface area contributed by atoms with Crippen LogP contribution in [0.5, 0.6) is 0 Å². The maximum Gasteiger partial charge on any atom is 0.416 e. The number of thioether (sulfide) groups is 1. The Morgan fingerprint density at radius 3 is 2.56 bits per heavy atom. The van der Waals surface area contributed by atoms with E-state index in [0.29, 0.717) is 27.3 Å². The number of hydrogen-bond donors (Lipinski definition) is 1. The monoisotopic (exact) mass is 566 g/mol.